The van der Waals surface area contributed by atoms with Gasteiger partial charge in [0.05, 0.1) is 6.61 Å². The number of nitrogens with one attached hydrogen (secondary N) is 1. The number of ether oxygens (including phenoxy) is 1. The van der Waals surface area contributed by atoms with E-state index in [-0.39, 0.29) is 5.75 Å². The van der Waals surface area contributed by atoms with E-state index in [4.69, 9.17) is 4.74 Å². The molecule has 1 heterocycles. The van der Waals surface area contributed by atoms with Crippen molar-refractivity contribution in [3.8, 4) is 5.75 Å². The molecule has 2 rings (SSSR count). The zero-order valence-electron chi connectivity index (χ0n) is 8.58. The highest BCUT2D eigenvalue weighted by molar-refractivity contribution is 5.88. The summed E-state index contributed by atoms with van der Waals surface area (Å²) in [4.78, 5) is 3.04. The molecule has 0 aliphatic heterocycles. The Kier molecular flexibility index (Phi) is 2.37. The van der Waals surface area contributed by atoms with Gasteiger partial charge in [0.1, 0.15) is 11.5 Å². The lowest BCUT2D eigenvalue weighted by molar-refractivity contribution is 0.299. The lowest BCUT2D eigenvalue weighted by Gasteiger charge is -2.07. The SMILES string of the molecule is C=C(OCC)c1cc(O)c2cc[nH]c2c1. The first-order valence-electron chi connectivity index (χ1n) is 4.84. The van der Waals surface area contributed by atoms with E-state index in [9.17, 15) is 5.11 Å². The summed E-state index contributed by atoms with van der Waals surface area (Å²) in [6, 6.07) is 5.40. The number of aromatic nitrogens is 1. The molecule has 0 amide bonds. The Morgan fingerprint density at radius 2 is 2.33 bits per heavy atom. The topological polar surface area (TPSA) is 45.2 Å². The largest absolute Gasteiger partial charge is 0.507 e. The van der Waals surface area contributed by atoms with Gasteiger partial charge in [0, 0.05) is 22.7 Å². The number of fused-ring (bicyclic) bond motifs is 1. The Balaban J connectivity index is 2.49. The average molecular weight is 203 g/mol. The number of hydrogen-bond donors (Lipinski definition) is 2. The number of phenols is 1. The molecule has 0 bridgehead atoms. The number of benzene rings is 1. The summed E-state index contributed by atoms with van der Waals surface area (Å²) in [5.41, 5.74) is 1.68. The van der Waals surface area contributed by atoms with Crippen LogP contribution in [-0.2, 0) is 4.74 Å². The predicted octanol–water partition coefficient (Wildman–Crippen LogP) is 2.88. The molecule has 1 aromatic heterocycles. The Morgan fingerprint density at radius 1 is 1.53 bits per heavy atom. The molecule has 0 saturated carbocycles. The molecule has 0 unspecified atom stereocenters. The van der Waals surface area contributed by atoms with E-state index < -0.39 is 0 Å². The fourth-order valence-electron chi connectivity index (χ4n) is 1.57. The third kappa shape index (κ3) is 1.68. The summed E-state index contributed by atoms with van der Waals surface area (Å²) in [6.45, 7) is 6.27. The van der Waals surface area contributed by atoms with Crippen molar-refractivity contribution in [3.63, 3.8) is 0 Å². The van der Waals surface area contributed by atoms with Gasteiger partial charge in [0.25, 0.3) is 0 Å². The monoisotopic (exact) mass is 203 g/mol. The van der Waals surface area contributed by atoms with Crippen molar-refractivity contribution >= 4 is 16.7 Å². The summed E-state index contributed by atoms with van der Waals surface area (Å²) in [5.74, 6) is 0.814. The Labute approximate surface area is 88.0 Å². The van der Waals surface area contributed by atoms with Gasteiger partial charge in [-0.2, -0.15) is 0 Å². The Bertz CT molecular complexity index is 499. The highest BCUT2D eigenvalue weighted by Gasteiger charge is 2.06. The summed E-state index contributed by atoms with van der Waals surface area (Å²) >= 11 is 0. The van der Waals surface area contributed by atoms with Crippen LogP contribution in [0.3, 0.4) is 0 Å². The van der Waals surface area contributed by atoms with Crippen molar-refractivity contribution in [1.29, 1.82) is 0 Å². The molecule has 0 aliphatic rings. The number of H-pyrrole nitrogens is 1. The van der Waals surface area contributed by atoms with Gasteiger partial charge in [-0.05, 0) is 25.1 Å². The molecular weight excluding hydrogens is 190 g/mol. The molecule has 1 aromatic carbocycles. The molecule has 0 atom stereocenters. The van der Waals surface area contributed by atoms with Crippen molar-refractivity contribution in [3.05, 3.63) is 36.5 Å². The maximum atomic E-state index is 9.74. The third-order valence-corrected chi connectivity index (χ3v) is 2.29. The lowest BCUT2D eigenvalue weighted by atomic mass is 10.1. The van der Waals surface area contributed by atoms with Crippen molar-refractivity contribution in [2.24, 2.45) is 0 Å². The maximum absolute atomic E-state index is 9.74. The third-order valence-electron chi connectivity index (χ3n) is 2.29. The molecule has 78 valence electrons. The van der Waals surface area contributed by atoms with Crippen LogP contribution in [0.5, 0.6) is 5.75 Å². The van der Waals surface area contributed by atoms with Crippen LogP contribution in [-0.4, -0.2) is 16.7 Å². The molecule has 0 aliphatic carbocycles. The van der Waals surface area contributed by atoms with E-state index in [0.717, 1.165) is 16.5 Å². The van der Waals surface area contributed by atoms with Gasteiger partial charge in [0.15, 0.2) is 0 Å². The summed E-state index contributed by atoms with van der Waals surface area (Å²) in [5, 5.41) is 10.5. The highest BCUT2D eigenvalue weighted by atomic mass is 16.5. The summed E-state index contributed by atoms with van der Waals surface area (Å²) in [6.07, 6.45) is 1.79. The van der Waals surface area contributed by atoms with Gasteiger partial charge in [0.2, 0.25) is 0 Å². The first-order valence-corrected chi connectivity index (χ1v) is 4.84. The number of aromatic hydroxyl groups is 1. The molecular formula is C12H13NO2. The Morgan fingerprint density at radius 3 is 3.07 bits per heavy atom. The molecule has 3 heteroatoms. The zero-order chi connectivity index (χ0) is 10.8. The predicted molar refractivity (Wildman–Crippen MR) is 60.6 cm³/mol. The number of hydrogen-bond acceptors (Lipinski definition) is 2. The molecule has 0 fully saturated rings. The number of rotatable bonds is 3. The van der Waals surface area contributed by atoms with E-state index in [2.05, 4.69) is 11.6 Å². The minimum absolute atomic E-state index is 0.240. The van der Waals surface area contributed by atoms with Gasteiger partial charge in [-0.15, -0.1) is 0 Å². The first kappa shape index (κ1) is 9.65. The van der Waals surface area contributed by atoms with E-state index in [1.54, 1.807) is 12.3 Å². The minimum atomic E-state index is 0.240. The van der Waals surface area contributed by atoms with Gasteiger partial charge in [-0.25, -0.2) is 0 Å². The number of phenolic OH excluding ortho intramolecular Hbond substituents is 1. The van der Waals surface area contributed by atoms with E-state index in [0.29, 0.717) is 12.4 Å². The van der Waals surface area contributed by atoms with Crippen LogP contribution in [0.1, 0.15) is 12.5 Å². The molecule has 3 nitrogen and oxygen atoms in total. The van der Waals surface area contributed by atoms with E-state index >= 15 is 0 Å². The van der Waals surface area contributed by atoms with Crippen molar-refractivity contribution in [2.75, 3.05) is 6.61 Å². The second kappa shape index (κ2) is 3.69. The van der Waals surface area contributed by atoms with Crippen molar-refractivity contribution < 1.29 is 9.84 Å². The van der Waals surface area contributed by atoms with Gasteiger partial charge in [-0.1, -0.05) is 6.58 Å². The normalized spacial score (nSPS) is 10.5. The fourth-order valence-corrected chi connectivity index (χ4v) is 1.57. The van der Waals surface area contributed by atoms with Crippen molar-refractivity contribution in [2.45, 2.75) is 6.92 Å². The molecule has 15 heavy (non-hydrogen) atoms. The summed E-state index contributed by atoms with van der Waals surface area (Å²) in [7, 11) is 0. The van der Waals surface area contributed by atoms with Crippen molar-refractivity contribution in [1.82, 2.24) is 4.98 Å². The van der Waals surface area contributed by atoms with Gasteiger partial charge < -0.3 is 14.8 Å². The van der Waals surface area contributed by atoms with Gasteiger partial charge >= 0.3 is 0 Å². The maximum Gasteiger partial charge on any atom is 0.125 e. The van der Waals surface area contributed by atoms with Crippen LogP contribution >= 0.6 is 0 Å². The highest BCUT2D eigenvalue weighted by Crippen LogP contribution is 2.28. The average Bonchev–Trinajstić information content (AvgIpc) is 2.66. The summed E-state index contributed by atoms with van der Waals surface area (Å²) < 4.78 is 5.29. The zero-order valence-corrected chi connectivity index (χ0v) is 8.58. The van der Waals surface area contributed by atoms with Crippen LogP contribution in [0.25, 0.3) is 16.7 Å². The standard InChI is InChI=1S/C12H13NO2/c1-3-15-8(2)9-6-11-10(4-5-13-11)12(14)7-9/h4-7,13-14H,2-3H2,1H3. The van der Waals surface area contributed by atoms with E-state index in [1.807, 2.05) is 19.1 Å². The lowest BCUT2D eigenvalue weighted by Crippen LogP contribution is -1.89. The molecule has 0 radical (unpaired) electrons. The quantitative estimate of drug-likeness (QED) is 0.753. The first-order chi connectivity index (χ1) is 7.22. The smallest absolute Gasteiger partial charge is 0.125 e. The fraction of sp³-hybridized carbons (Fsp3) is 0.167. The van der Waals surface area contributed by atoms with Gasteiger partial charge in [-0.3, -0.25) is 0 Å². The van der Waals surface area contributed by atoms with Crippen LogP contribution in [0.15, 0.2) is 31.0 Å². The minimum Gasteiger partial charge on any atom is -0.507 e. The van der Waals surface area contributed by atoms with Crippen LogP contribution < -0.4 is 0 Å². The van der Waals surface area contributed by atoms with E-state index in [1.165, 1.54) is 0 Å². The molecule has 0 spiro atoms. The van der Waals surface area contributed by atoms with Crippen LogP contribution in [0.4, 0.5) is 0 Å². The Hall–Kier alpha value is -1.90. The van der Waals surface area contributed by atoms with Crippen LogP contribution in [0.2, 0.25) is 0 Å². The van der Waals surface area contributed by atoms with Crippen LogP contribution in [0, 0.1) is 0 Å². The molecule has 2 N–H and O–H groups in total. The second-order valence-corrected chi connectivity index (χ2v) is 3.29. The molecule has 0 saturated heterocycles. The molecule has 2 aromatic rings. The second-order valence-electron chi connectivity index (χ2n) is 3.29. The number of aromatic amines is 1.